The summed E-state index contributed by atoms with van der Waals surface area (Å²) in [4.78, 5) is 26.1. The van der Waals surface area contributed by atoms with Gasteiger partial charge in [0.05, 0.1) is 5.69 Å². The highest BCUT2D eigenvalue weighted by atomic mass is 16.2. The molecule has 1 atom stereocenters. The summed E-state index contributed by atoms with van der Waals surface area (Å²) in [5.74, 6) is -0.947. The van der Waals surface area contributed by atoms with Crippen LogP contribution < -0.4 is 5.32 Å². The normalized spacial score (nSPS) is 11.8. The van der Waals surface area contributed by atoms with Gasteiger partial charge in [0, 0.05) is 12.7 Å². The number of Topliss-reactive ketones (excluding diaryl/α,β-unsaturated/α-hetero) is 1. The van der Waals surface area contributed by atoms with Gasteiger partial charge < -0.3 is 10.3 Å². The molecule has 2 N–H and O–H groups in total. The Balaban J connectivity index is 1.89. The van der Waals surface area contributed by atoms with Gasteiger partial charge in [0.15, 0.2) is 0 Å². The van der Waals surface area contributed by atoms with Gasteiger partial charge in [-0.05, 0) is 23.6 Å². The number of hydrogen-bond acceptors (Lipinski definition) is 2. The number of amides is 1. The summed E-state index contributed by atoms with van der Waals surface area (Å²) in [6, 6.07) is 13.1. The Morgan fingerprint density at radius 1 is 1.16 bits per heavy atom. The van der Waals surface area contributed by atoms with E-state index < -0.39 is 11.7 Å². The Hall–Kier alpha value is -2.36. The minimum absolute atomic E-state index is 0.168. The van der Waals surface area contributed by atoms with E-state index in [0.29, 0.717) is 12.2 Å². The SMILES string of the molecule is C[C@@H](CNC(=O)C(=O)c1ccc[nH]1)c1ccccc1. The molecular weight excluding hydrogens is 240 g/mol. The van der Waals surface area contributed by atoms with Gasteiger partial charge in [-0.25, -0.2) is 0 Å². The first kappa shape index (κ1) is 13.1. The van der Waals surface area contributed by atoms with Crippen LogP contribution in [-0.2, 0) is 4.79 Å². The molecule has 0 aliphatic rings. The van der Waals surface area contributed by atoms with Crippen LogP contribution in [-0.4, -0.2) is 23.2 Å². The Labute approximate surface area is 111 Å². The molecule has 1 aromatic heterocycles. The summed E-state index contributed by atoms with van der Waals surface area (Å²) in [5, 5.41) is 2.66. The highest BCUT2D eigenvalue weighted by molar-refractivity contribution is 6.42. The molecule has 98 valence electrons. The third-order valence-electron chi connectivity index (χ3n) is 2.99. The predicted octanol–water partition coefficient (Wildman–Crippen LogP) is 2.12. The molecule has 1 aromatic carbocycles. The van der Waals surface area contributed by atoms with Gasteiger partial charge in [0.1, 0.15) is 0 Å². The van der Waals surface area contributed by atoms with Crippen molar-refractivity contribution in [1.82, 2.24) is 10.3 Å². The highest BCUT2D eigenvalue weighted by Gasteiger charge is 2.17. The molecule has 4 heteroatoms. The lowest BCUT2D eigenvalue weighted by molar-refractivity contribution is -0.117. The lowest BCUT2D eigenvalue weighted by atomic mass is 10.0. The second-order valence-electron chi connectivity index (χ2n) is 4.43. The molecule has 1 heterocycles. The van der Waals surface area contributed by atoms with Crippen LogP contribution in [0.3, 0.4) is 0 Å². The van der Waals surface area contributed by atoms with Crippen molar-refractivity contribution in [2.24, 2.45) is 0 Å². The second-order valence-corrected chi connectivity index (χ2v) is 4.43. The fourth-order valence-corrected chi connectivity index (χ4v) is 1.82. The van der Waals surface area contributed by atoms with Crippen LogP contribution >= 0.6 is 0 Å². The first-order valence-corrected chi connectivity index (χ1v) is 6.19. The zero-order valence-electron chi connectivity index (χ0n) is 10.7. The molecule has 0 fully saturated rings. The lowest BCUT2D eigenvalue weighted by Crippen LogP contribution is -2.33. The molecule has 0 unspecified atom stereocenters. The molecule has 0 saturated carbocycles. The number of ketones is 1. The van der Waals surface area contributed by atoms with Gasteiger partial charge >= 0.3 is 0 Å². The summed E-state index contributed by atoms with van der Waals surface area (Å²) in [7, 11) is 0. The monoisotopic (exact) mass is 256 g/mol. The molecular formula is C15H16N2O2. The van der Waals surface area contributed by atoms with E-state index in [0.717, 1.165) is 5.56 Å². The fraction of sp³-hybridized carbons (Fsp3) is 0.200. The first-order chi connectivity index (χ1) is 9.18. The van der Waals surface area contributed by atoms with Crippen molar-refractivity contribution in [3.05, 3.63) is 59.9 Å². The minimum Gasteiger partial charge on any atom is -0.358 e. The minimum atomic E-state index is -0.578. The Bertz CT molecular complexity index is 547. The molecule has 0 aliphatic carbocycles. The topological polar surface area (TPSA) is 62.0 Å². The number of aromatic amines is 1. The number of H-pyrrole nitrogens is 1. The van der Waals surface area contributed by atoms with E-state index in [-0.39, 0.29) is 5.92 Å². The van der Waals surface area contributed by atoms with Gasteiger partial charge in [0.2, 0.25) is 0 Å². The third-order valence-corrected chi connectivity index (χ3v) is 2.99. The Morgan fingerprint density at radius 2 is 1.89 bits per heavy atom. The maximum Gasteiger partial charge on any atom is 0.294 e. The van der Waals surface area contributed by atoms with E-state index in [1.807, 2.05) is 37.3 Å². The van der Waals surface area contributed by atoms with Gasteiger partial charge in [-0.3, -0.25) is 9.59 Å². The summed E-state index contributed by atoms with van der Waals surface area (Å²) in [5.41, 5.74) is 1.44. The predicted molar refractivity (Wildman–Crippen MR) is 73.0 cm³/mol. The van der Waals surface area contributed by atoms with Crippen LogP contribution in [0.4, 0.5) is 0 Å². The number of aromatic nitrogens is 1. The Kier molecular flexibility index (Phi) is 4.13. The van der Waals surface area contributed by atoms with Crippen LogP contribution in [0.1, 0.15) is 28.9 Å². The van der Waals surface area contributed by atoms with E-state index in [4.69, 9.17) is 0 Å². The maximum absolute atomic E-state index is 11.7. The molecule has 2 aromatic rings. The van der Waals surface area contributed by atoms with Crippen molar-refractivity contribution in [1.29, 1.82) is 0 Å². The zero-order valence-corrected chi connectivity index (χ0v) is 10.7. The van der Waals surface area contributed by atoms with Crippen molar-refractivity contribution in [3.63, 3.8) is 0 Å². The van der Waals surface area contributed by atoms with Gasteiger partial charge in [-0.15, -0.1) is 0 Å². The van der Waals surface area contributed by atoms with Gasteiger partial charge in [-0.1, -0.05) is 37.3 Å². The number of benzene rings is 1. The summed E-state index contributed by atoms with van der Waals surface area (Å²) >= 11 is 0. The van der Waals surface area contributed by atoms with Crippen molar-refractivity contribution in [2.75, 3.05) is 6.54 Å². The van der Waals surface area contributed by atoms with Crippen LogP contribution in [0.25, 0.3) is 0 Å². The average molecular weight is 256 g/mol. The number of rotatable bonds is 5. The molecule has 1 amide bonds. The molecule has 0 bridgehead atoms. The highest BCUT2D eigenvalue weighted by Crippen LogP contribution is 2.12. The van der Waals surface area contributed by atoms with Crippen molar-refractivity contribution < 1.29 is 9.59 Å². The van der Waals surface area contributed by atoms with Crippen LogP contribution in [0.5, 0.6) is 0 Å². The molecule has 0 saturated heterocycles. The first-order valence-electron chi connectivity index (χ1n) is 6.19. The van der Waals surface area contributed by atoms with Gasteiger partial charge in [0.25, 0.3) is 11.7 Å². The maximum atomic E-state index is 11.7. The number of hydrogen-bond donors (Lipinski definition) is 2. The number of carbonyl (C=O) groups is 2. The summed E-state index contributed by atoms with van der Waals surface area (Å²) in [6.07, 6.45) is 1.62. The van der Waals surface area contributed by atoms with E-state index >= 15 is 0 Å². The van der Waals surface area contributed by atoms with Crippen LogP contribution in [0.2, 0.25) is 0 Å². The van der Waals surface area contributed by atoms with Gasteiger partial charge in [-0.2, -0.15) is 0 Å². The molecule has 4 nitrogen and oxygen atoms in total. The smallest absolute Gasteiger partial charge is 0.294 e. The van der Waals surface area contributed by atoms with Crippen LogP contribution in [0.15, 0.2) is 48.7 Å². The average Bonchev–Trinajstić information content (AvgIpc) is 2.98. The van der Waals surface area contributed by atoms with Crippen LogP contribution in [0, 0.1) is 0 Å². The van der Waals surface area contributed by atoms with E-state index in [2.05, 4.69) is 10.3 Å². The molecule has 2 rings (SSSR count). The lowest BCUT2D eigenvalue weighted by Gasteiger charge is -2.12. The number of nitrogens with one attached hydrogen (secondary N) is 2. The van der Waals surface area contributed by atoms with E-state index in [1.165, 1.54) is 0 Å². The molecule has 19 heavy (non-hydrogen) atoms. The quantitative estimate of drug-likeness (QED) is 0.636. The largest absolute Gasteiger partial charge is 0.358 e. The standard InChI is InChI=1S/C15H16N2O2/c1-11(12-6-3-2-4-7-12)10-17-15(19)14(18)13-8-5-9-16-13/h2-9,11,16H,10H2,1H3,(H,17,19)/t11-/m0/s1. The summed E-state index contributed by atoms with van der Waals surface area (Å²) in [6.45, 7) is 2.45. The number of carbonyl (C=O) groups excluding carboxylic acids is 2. The molecule has 0 spiro atoms. The fourth-order valence-electron chi connectivity index (χ4n) is 1.82. The molecule has 0 aliphatic heterocycles. The third kappa shape index (κ3) is 3.31. The van der Waals surface area contributed by atoms with Crippen molar-refractivity contribution >= 4 is 11.7 Å². The second kappa shape index (κ2) is 6.00. The van der Waals surface area contributed by atoms with E-state index in [1.54, 1.807) is 18.3 Å². The van der Waals surface area contributed by atoms with E-state index in [9.17, 15) is 9.59 Å². The summed E-state index contributed by atoms with van der Waals surface area (Å²) < 4.78 is 0. The van der Waals surface area contributed by atoms with Crippen molar-refractivity contribution in [3.8, 4) is 0 Å². The Morgan fingerprint density at radius 3 is 2.53 bits per heavy atom. The zero-order chi connectivity index (χ0) is 13.7. The van der Waals surface area contributed by atoms with Crippen molar-refractivity contribution in [2.45, 2.75) is 12.8 Å². The molecule has 0 radical (unpaired) electrons.